The molecule has 0 N–H and O–H groups in total. The number of rotatable bonds is 4. The molecule has 3 atom stereocenters. The van der Waals surface area contributed by atoms with E-state index in [9.17, 15) is 0 Å². The summed E-state index contributed by atoms with van der Waals surface area (Å²) >= 11 is 0. The molecule has 0 amide bonds. The Hall–Kier alpha value is -1.90. The second-order valence-corrected chi connectivity index (χ2v) is 14.0. The average molecular weight is 403 g/mol. The van der Waals surface area contributed by atoms with Crippen molar-refractivity contribution in [2.24, 2.45) is 11.8 Å². The van der Waals surface area contributed by atoms with Crippen molar-refractivity contribution in [3.05, 3.63) is 85.0 Å². The molecule has 1 nitrogen and oxygen atoms in total. The van der Waals surface area contributed by atoms with Crippen LogP contribution < -0.4 is 10.4 Å². The van der Waals surface area contributed by atoms with Crippen LogP contribution in [0.25, 0.3) is 0 Å². The summed E-state index contributed by atoms with van der Waals surface area (Å²) in [5.41, 5.74) is 1.41. The molecular weight excluding hydrogens is 368 g/mol. The third kappa shape index (κ3) is 3.81. The summed E-state index contributed by atoms with van der Waals surface area (Å²) in [5, 5.41) is 2.78. The summed E-state index contributed by atoms with van der Waals surface area (Å²) in [4.78, 5) is 0. The predicted octanol–water partition coefficient (Wildman–Crippen LogP) is 5.86. The fourth-order valence-electron chi connectivity index (χ4n) is 5.46. The molecule has 4 rings (SSSR count). The van der Waals surface area contributed by atoms with E-state index in [-0.39, 0.29) is 11.1 Å². The van der Waals surface area contributed by atoms with Gasteiger partial charge in [0.25, 0.3) is 8.32 Å². The minimum atomic E-state index is -2.48. The highest BCUT2D eigenvalue weighted by atomic mass is 28.4. The van der Waals surface area contributed by atoms with Gasteiger partial charge >= 0.3 is 0 Å². The normalized spacial score (nSPS) is 24.9. The predicted molar refractivity (Wildman–Crippen MR) is 126 cm³/mol. The van der Waals surface area contributed by atoms with Gasteiger partial charge in [-0.1, -0.05) is 106 Å². The molecule has 0 saturated heterocycles. The molecule has 0 unspecified atom stereocenters. The van der Waals surface area contributed by atoms with Gasteiger partial charge in [0, 0.05) is 12.0 Å². The topological polar surface area (TPSA) is 9.23 Å². The van der Waals surface area contributed by atoms with Gasteiger partial charge in [-0.2, -0.15) is 0 Å². The molecule has 2 aromatic carbocycles. The van der Waals surface area contributed by atoms with Gasteiger partial charge in [0.2, 0.25) is 0 Å². The fraction of sp³-hybridized carbons (Fsp3) is 0.407. The van der Waals surface area contributed by atoms with Crippen LogP contribution in [0.4, 0.5) is 0 Å². The van der Waals surface area contributed by atoms with E-state index < -0.39 is 8.32 Å². The zero-order valence-corrected chi connectivity index (χ0v) is 19.1. The van der Waals surface area contributed by atoms with Gasteiger partial charge in [0.1, 0.15) is 0 Å². The van der Waals surface area contributed by atoms with Crippen LogP contribution in [0.5, 0.6) is 0 Å². The first kappa shape index (κ1) is 20.4. The number of allylic oxidation sites excluding steroid dienone is 2. The van der Waals surface area contributed by atoms with Crippen LogP contribution in [0.1, 0.15) is 46.5 Å². The van der Waals surface area contributed by atoms with Crippen LogP contribution in [-0.2, 0) is 4.43 Å². The van der Waals surface area contributed by atoms with Gasteiger partial charge in [-0.25, -0.2) is 0 Å². The third-order valence-electron chi connectivity index (χ3n) is 6.88. The maximum Gasteiger partial charge on any atom is 0.261 e. The smallest absolute Gasteiger partial charge is 0.261 e. The standard InChI is InChI=1S/C27H34OSi/c1-21-18-19-22-20-23(12-11-17-26(21)22)28-29(27(2,3)4,24-13-7-5-8-14-24)25-15-9-6-10-16-25/h5-11,13-17,22-23,26H,1,12,18-20H2,2-4H3/t22-,23-,26-/m0/s1. The lowest BCUT2D eigenvalue weighted by Crippen LogP contribution is -2.67. The molecule has 2 aliphatic rings. The van der Waals surface area contributed by atoms with E-state index in [1.54, 1.807) is 0 Å². The molecule has 2 heteroatoms. The highest BCUT2D eigenvalue weighted by Crippen LogP contribution is 2.44. The number of hydrogen-bond acceptors (Lipinski definition) is 1. The van der Waals surface area contributed by atoms with Crippen molar-refractivity contribution in [1.29, 1.82) is 0 Å². The third-order valence-corrected chi connectivity index (χ3v) is 12.0. The first-order valence-electron chi connectivity index (χ1n) is 11.0. The minimum absolute atomic E-state index is 0.0321. The molecule has 0 bridgehead atoms. The van der Waals surface area contributed by atoms with Gasteiger partial charge < -0.3 is 4.43 Å². The fourth-order valence-corrected chi connectivity index (χ4v) is 10.2. The van der Waals surface area contributed by atoms with Crippen LogP contribution in [-0.4, -0.2) is 14.4 Å². The maximum atomic E-state index is 7.40. The Labute approximate surface area is 177 Å². The molecule has 2 aromatic rings. The van der Waals surface area contributed by atoms with Crippen molar-refractivity contribution >= 4 is 18.7 Å². The maximum absolute atomic E-state index is 7.40. The van der Waals surface area contributed by atoms with Gasteiger partial charge in [-0.05, 0) is 47.0 Å². The first-order valence-corrected chi connectivity index (χ1v) is 13.0. The summed E-state index contributed by atoms with van der Waals surface area (Å²) in [6, 6.07) is 22.0. The second kappa shape index (κ2) is 8.08. The van der Waals surface area contributed by atoms with E-state index in [0.29, 0.717) is 11.8 Å². The Morgan fingerprint density at radius 1 is 0.931 bits per heavy atom. The number of hydrogen-bond donors (Lipinski definition) is 0. The van der Waals surface area contributed by atoms with E-state index in [0.717, 1.165) is 12.8 Å². The molecule has 0 radical (unpaired) electrons. The van der Waals surface area contributed by atoms with Crippen molar-refractivity contribution < 1.29 is 4.43 Å². The molecule has 1 saturated carbocycles. The Balaban J connectivity index is 1.77. The highest BCUT2D eigenvalue weighted by Gasteiger charge is 2.51. The molecule has 0 spiro atoms. The summed E-state index contributed by atoms with van der Waals surface area (Å²) in [5.74, 6) is 1.24. The lowest BCUT2D eigenvalue weighted by Gasteiger charge is -2.45. The first-order chi connectivity index (χ1) is 13.9. The van der Waals surface area contributed by atoms with E-state index >= 15 is 0 Å². The van der Waals surface area contributed by atoms with Crippen molar-refractivity contribution in [3.8, 4) is 0 Å². The lowest BCUT2D eigenvalue weighted by atomic mass is 9.91. The van der Waals surface area contributed by atoms with Crippen LogP contribution in [0.15, 0.2) is 85.0 Å². The monoisotopic (exact) mass is 402 g/mol. The molecule has 152 valence electrons. The Morgan fingerprint density at radius 3 is 2.07 bits per heavy atom. The minimum Gasteiger partial charge on any atom is -0.404 e. The molecule has 2 aliphatic carbocycles. The van der Waals surface area contributed by atoms with Gasteiger partial charge in [-0.15, -0.1) is 0 Å². The second-order valence-electron chi connectivity index (χ2n) is 9.79. The van der Waals surface area contributed by atoms with Crippen molar-refractivity contribution in [1.82, 2.24) is 0 Å². The van der Waals surface area contributed by atoms with E-state index in [1.165, 1.54) is 28.8 Å². The number of benzene rings is 2. The van der Waals surface area contributed by atoms with Gasteiger partial charge in [0.05, 0.1) is 0 Å². The summed E-state index contributed by atoms with van der Waals surface area (Å²) in [6.45, 7) is 11.4. The molecular formula is C27H34OSi. The summed E-state index contributed by atoms with van der Waals surface area (Å²) < 4.78 is 7.40. The van der Waals surface area contributed by atoms with Crippen molar-refractivity contribution in [2.75, 3.05) is 0 Å². The SMILES string of the molecule is C=C1CC[C@H]2C[C@@H](O[Si](c3ccccc3)(c3ccccc3)C(C)(C)C)CC=C[C@@H]12. The van der Waals surface area contributed by atoms with Crippen LogP contribution >= 0.6 is 0 Å². The van der Waals surface area contributed by atoms with Crippen molar-refractivity contribution in [2.45, 2.75) is 57.6 Å². The summed E-state index contributed by atoms with van der Waals surface area (Å²) in [7, 11) is -2.48. The molecule has 0 heterocycles. The van der Waals surface area contributed by atoms with E-state index in [2.05, 4.69) is 100 Å². The summed E-state index contributed by atoms with van der Waals surface area (Å²) in [6.07, 6.45) is 9.61. The largest absolute Gasteiger partial charge is 0.404 e. The Morgan fingerprint density at radius 2 is 1.52 bits per heavy atom. The average Bonchev–Trinajstić information content (AvgIpc) is 2.93. The van der Waals surface area contributed by atoms with E-state index in [1.807, 2.05) is 0 Å². The molecule has 29 heavy (non-hydrogen) atoms. The lowest BCUT2D eigenvalue weighted by molar-refractivity contribution is 0.157. The zero-order valence-electron chi connectivity index (χ0n) is 18.1. The Kier molecular flexibility index (Phi) is 5.68. The highest BCUT2D eigenvalue weighted by molar-refractivity contribution is 6.99. The van der Waals surface area contributed by atoms with Crippen LogP contribution in [0.3, 0.4) is 0 Å². The van der Waals surface area contributed by atoms with Crippen LogP contribution in [0.2, 0.25) is 5.04 Å². The van der Waals surface area contributed by atoms with E-state index in [4.69, 9.17) is 4.43 Å². The molecule has 0 aromatic heterocycles. The van der Waals surface area contributed by atoms with Crippen molar-refractivity contribution in [3.63, 3.8) is 0 Å². The Bertz CT molecular complexity index is 823. The molecule has 1 fully saturated rings. The number of fused-ring (bicyclic) bond motifs is 1. The van der Waals surface area contributed by atoms with Crippen LogP contribution in [0, 0.1) is 11.8 Å². The van der Waals surface area contributed by atoms with Gasteiger partial charge in [-0.3, -0.25) is 0 Å². The van der Waals surface area contributed by atoms with Gasteiger partial charge in [0.15, 0.2) is 0 Å². The zero-order chi connectivity index (χ0) is 20.5. The quantitative estimate of drug-likeness (QED) is 0.459. The molecule has 0 aliphatic heterocycles.